The Bertz CT molecular complexity index is 1340. The second-order valence-electron chi connectivity index (χ2n) is 6.87. The molecule has 0 saturated carbocycles. The molecule has 2 amide bonds. The lowest BCUT2D eigenvalue weighted by atomic mass is 10.2. The van der Waals surface area contributed by atoms with E-state index in [4.69, 9.17) is 0 Å². The first-order chi connectivity index (χ1) is 14.4. The first kappa shape index (κ1) is 19.7. The number of thiophene rings is 1. The van der Waals surface area contributed by atoms with Crippen LogP contribution in [-0.4, -0.2) is 26.8 Å². The number of hydrazine groups is 1. The molecule has 30 heavy (non-hydrogen) atoms. The molecule has 1 aromatic carbocycles. The van der Waals surface area contributed by atoms with Crippen LogP contribution in [0.4, 0.5) is 0 Å². The van der Waals surface area contributed by atoms with E-state index >= 15 is 0 Å². The van der Waals surface area contributed by atoms with Crippen molar-refractivity contribution in [1.82, 2.24) is 25.8 Å². The number of pyridine rings is 1. The number of nitrogens with one attached hydrogen (secondary N) is 3. The molecular weight excluding hydrogens is 402 g/mol. The summed E-state index contributed by atoms with van der Waals surface area (Å²) in [5, 5.41) is 1.52. The van der Waals surface area contributed by atoms with E-state index in [2.05, 4.69) is 25.8 Å². The summed E-state index contributed by atoms with van der Waals surface area (Å²) in [6.07, 6.45) is 0.306. The third-order valence-electron chi connectivity index (χ3n) is 4.82. The van der Waals surface area contributed by atoms with Crippen molar-refractivity contribution in [2.45, 2.75) is 26.7 Å². The molecule has 3 heterocycles. The minimum atomic E-state index is -0.508. The van der Waals surface area contributed by atoms with Crippen molar-refractivity contribution in [2.75, 3.05) is 0 Å². The lowest BCUT2D eigenvalue weighted by Gasteiger charge is -2.07. The summed E-state index contributed by atoms with van der Waals surface area (Å²) in [6, 6.07) is 10.8. The molecule has 0 radical (unpaired) electrons. The summed E-state index contributed by atoms with van der Waals surface area (Å²) < 4.78 is 0. The molecule has 4 aromatic rings. The van der Waals surface area contributed by atoms with E-state index in [9.17, 15) is 14.4 Å². The van der Waals surface area contributed by atoms with Crippen LogP contribution in [0.25, 0.3) is 21.1 Å². The summed E-state index contributed by atoms with van der Waals surface area (Å²) in [7, 11) is 0. The molecule has 0 saturated heterocycles. The Hall–Kier alpha value is -3.59. The number of aromatic nitrogens is 3. The Morgan fingerprint density at radius 2 is 1.87 bits per heavy atom. The largest absolute Gasteiger partial charge is 0.310 e. The Morgan fingerprint density at radius 3 is 2.70 bits per heavy atom. The van der Waals surface area contributed by atoms with Crippen LogP contribution in [0.1, 0.15) is 33.2 Å². The molecule has 0 aliphatic carbocycles. The van der Waals surface area contributed by atoms with Gasteiger partial charge < -0.3 is 4.98 Å². The number of aryl methyl sites for hydroxylation is 3. The van der Waals surface area contributed by atoms with Crippen LogP contribution in [0, 0.1) is 13.8 Å². The number of H-pyrrole nitrogens is 1. The molecule has 0 spiro atoms. The van der Waals surface area contributed by atoms with E-state index < -0.39 is 11.8 Å². The summed E-state index contributed by atoms with van der Waals surface area (Å²) >= 11 is 1.46. The van der Waals surface area contributed by atoms with Gasteiger partial charge in [-0.25, -0.2) is 9.97 Å². The number of rotatable bonds is 4. The third-order valence-corrected chi connectivity index (χ3v) is 5.92. The van der Waals surface area contributed by atoms with Gasteiger partial charge in [-0.05, 0) is 31.5 Å². The number of carbonyl (C=O) groups excluding carboxylic acids is 2. The summed E-state index contributed by atoms with van der Waals surface area (Å²) in [4.78, 5) is 49.8. The zero-order valence-corrected chi connectivity index (χ0v) is 17.2. The quantitative estimate of drug-likeness (QED) is 0.438. The summed E-state index contributed by atoms with van der Waals surface area (Å²) in [5.74, 6) is -0.469. The van der Waals surface area contributed by atoms with Gasteiger partial charge in [-0.2, -0.15) is 0 Å². The Morgan fingerprint density at radius 1 is 1.07 bits per heavy atom. The number of aromatic amines is 1. The molecule has 0 aliphatic rings. The van der Waals surface area contributed by atoms with E-state index in [1.165, 1.54) is 11.3 Å². The molecule has 4 rings (SSSR count). The number of amides is 2. The van der Waals surface area contributed by atoms with Crippen LogP contribution in [0.2, 0.25) is 0 Å². The summed E-state index contributed by atoms with van der Waals surface area (Å²) in [5.41, 5.74) is 6.35. The topological polar surface area (TPSA) is 117 Å². The van der Waals surface area contributed by atoms with Gasteiger partial charge >= 0.3 is 0 Å². The third kappa shape index (κ3) is 3.92. The van der Waals surface area contributed by atoms with Gasteiger partial charge in [0, 0.05) is 23.1 Å². The fourth-order valence-electron chi connectivity index (χ4n) is 3.10. The molecule has 0 aliphatic heterocycles. The van der Waals surface area contributed by atoms with Crippen molar-refractivity contribution < 1.29 is 9.59 Å². The maximum Gasteiger partial charge on any atom is 0.288 e. The summed E-state index contributed by atoms with van der Waals surface area (Å²) in [6.45, 7) is 3.84. The predicted molar refractivity (Wildman–Crippen MR) is 115 cm³/mol. The van der Waals surface area contributed by atoms with Crippen LogP contribution in [0.3, 0.4) is 0 Å². The Balaban J connectivity index is 1.36. The lowest BCUT2D eigenvalue weighted by molar-refractivity contribution is -0.121. The minimum Gasteiger partial charge on any atom is -0.310 e. The standard InChI is InChI=1S/C21H19N5O3S/c1-11-12(2)30-21-18(11)20(29)23-16(24-21)9-10-17(27)25-26-19(28)15-8-7-13-5-3-4-6-14(13)22-15/h3-8H,9-10H2,1-2H3,(H,25,27)(H,26,28)(H,23,24,29). The number of hydrogen-bond donors (Lipinski definition) is 3. The number of hydrogen-bond acceptors (Lipinski definition) is 6. The molecule has 3 N–H and O–H groups in total. The van der Waals surface area contributed by atoms with Gasteiger partial charge in [0.15, 0.2) is 0 Å². The molecule has 0 bridgehead atoms. The minimum absolute atomic E-state index is 0.0587. The number of benzene rings is 1. The van der Waals surface area contributed by atoms with Crippen LogP contribution in [0.5, 0.6) is 0 Å². The van der Waals surface area contributed by atoms with Gasteiger partial charge in [-0.1, -0.05) is 24.3 Å². The van der Waals surface area contributed by atoms with E-state index in [1.807, 2.05) is 38.1 Å². The van der Waals surface area contributed by atoms with Crippen molar-refractivity contribution in [3.63, 3.8) is 0 Å². The molecular formula is C21H19N5O3S. The smallest absolute Gasteiger partial charge is 0.288 e. The van der Waals surface area contributed by atoms with E-state index in [-0.39, 0.29) is 24.1 Å². The first-order valence-electron chi connectivity index (χ1n) is 9.36. The zero-order valence-electron chi connectivity index (χ0n) is 16.4. The van der Waals surface area contributed by atoms with E-state index in [1.54, 1.807) is 12.1 Å². The second-order valence-corrected chi connectivity index (χ2v) is 8.07. The molecule has 0 atom stereocenters. The van der Waals surface area contributed by atoms with Gasteiger partial charge in [0.1, 0.15) is 16.3 Å². The Kier molecular flexibility index (Phi) is 5.28. The van der Waals surface area contributed by atoms with Crippen molar-refractivity contribution >= 4 is 44.3 Å². The highest BCUT2D eigenvalue weighted by Gasteiger charge is 2.13. The van der Waals surface area contributed by atoms with Gasteiger partial charge in [-0.3, -0.25) is 25.2 Å². The maximum absolute atomic E-state index is 12.3. The normalized spacial score (nSPS) is 11.0. The Labute approximate surface area is 175 Å². The molecule has 0 unspecified atom stereocenters. The number of para-hydroxylation sites is 1. The van der Waals surface area contributed by atoms with Crippen LogP contribution in [-0.2, 0) is 11.2 Å². The highest BCUT2D eigenvalue weighted by Crippen LogP contribution is 2.25. The average Bonchev–Trinajstić information content (AvgIpc) is 3.04. The van der Waals surface area contributed by atoms with Gasteiger partial charge in [0.2, 0.25) is 5.91 Å². The van der Waals surface area contributed by atoms with Crippen molar-refractivity contribution in [3.8, 4) is 0 Å². The van der Waals surface area contributed by atoms with E-state index in [0.29, 0.717) is 21.6 Å². The van der Waals surface area contributed by atoms with Crippen LogP contribution >= 0.6 is 11.3 Å². The van der Waals surface area contributed by atoms with Gasteiger partial charge in [0.05, 0.1) is 10.9 Å². The van der Waals surface area contributed by atoms with Gasteiger partial charge in [0.25, 0.3) is 11.5 Å². The lowest BCUT2D eigenvalue weighted by Crippen LogP contribution is -2.42. The van der Waals surface area contributed by atoms with Crippen LogP contribution in [0.15, 0.2) is 41.2 Å². The van der Waals surface area contributed by atoms with Gasteiger partial charge in [-0.15, -0.1) is 11.3 Å². The molecule has 9 heteroatoms. The highest BCUT2D eigenvalue weighted by molar-refractivity contribution is 7.18. The average molecular weight is 421 g/mol. The highest BCUT2D eigenvalue weighted by atomic mass is 32.1. The SMILES string of the molecule is Cc1sc2nc(CCC(=O)NNC(=O)c3ccc4ccccc4n3)[nH]c(=O)c2c1C. The van der Waals surface area contributed by atoms with Crippen molar-refractivity contribution in [1.29, 1.82) is 0 Å². The zero-order chi connectivity index (χ0) is 21.3. The monoisotopic (exact) mass is 421 g/mol. The van der Waals surface area contributed by atoms with E-state index in [0.717, 1.165) is 15.8 Å². The predicted octanol–water partition coefficient (Wildman–Crippen LogP) is 2.54. The first-order valence-corrected chi connectivity index (χ1v) is 10.2. The number of nitrogens with zero attached hydrogens (tertiary/aromatic N) is 2. The number of fused-ring (bicyclic) bond motifs is 2. The fraction of sp³-hybridized carbons (Fsp3) is 0.190. The maximum atomic E-state index is 12.3. The van der Waals surface area contributed by atoms with Crippen molar-refractivity contribution in [2.24, 2.45) is 0 Å². The molecule has 3 aromatic heterocycles. The fourth-order valence-corrected chi connectivity index (χ4v) is 4.14. The molecule has 0 fully saturated rings. The molecule has 152 valence electrons. The van der Waals surface area contributed by atoms with Crippen LogP contribution < -0.4 is 16.4 Å². The number of carbonyl (C=O) groups is 2. The van der Waals surface area contributed by atoms with Crippen molar-refractivity contribution in [3.05, 3.63) is 68.7 Å². The second kappa shape index (κ2) is 8.03. The molecule has 8 nitrogen and oxygen atoms in total.